The van der Waals surface area contributed by atoms with Crippen molar-refractivity contribution in [3.63, 3.8) is 0 Å². The van der Waals surface area contributed by atoms with Crippen LogP contribution in [0.2, 0.25) is 0 Å². The Morgan fingerprint density at radius 3 is 2.16 bits per heavy atom. The summed E-state index contributed by atoms with van der Waals surface area (Å²) >= 11 is 0. The summed E-state index contributed by atoms with van der Waals surface area (Å²) in [6, 6.07) is 9.70. The highest BCUT2D eigenvalue weighted by Gasteiger charge is 2.35. The van der Waals surface area contributed by atoms with Crippen LogP contribution >= 0.6 is 0 Å². The molecule has 0 atom stereocenters. The molecule has 2 rings (SSSR count). The molecule has 0 aliphatic rings. The fourth-order valence-corrected chi connectivity index (χ4v) is 1.70. The molecule has 1 heterocycles. The third-order valence-electron chi connectivity index (χ3n) is 2.71. The number of rotatable bonds is 2. The third kappa shape index (κ3) is 2.86. The lowest BCUT2D eigenvalue weighted by molar-refractivity contribution is -0.139. The van der Waals surface area contributed by atoms with Crippen LogP contribution in [0.5, 0.6) is 5.88 Å². The first-order valence-electron chi connectivity index (χ1n) is 5.61. The summed E-state index contributed by atoms with van der Waals surface area (Å²) < 4.78 is 42.8. The molecule has 0 amide bonds. The number of halogens is 3. The van der Waals surface area contributed by atoms with Gasteiger partial charge in [0.05, 0.1) is 12.8 Å². The zero-order valence-electron chi connectivity index (χ0n) is 10.5. The number of methoxy groups -OCH3 is 1. The van der Waals surface area contributed by atoms with Gasteiger partial charge in [0.15, 0.2) is 0 Å². The van der Waals surface area contributed by atoms with Crippen LogP contribution in [-0.2, 0) is 6.18 Å². The number of aromatic nitrogens is 1. The maximum Gasteiger partial charge on any atom is 0.421 e. The molecule has 1 aromatic heterocycles. The van der Waals surface area contributed by atoms with Crippen molar-refractivity contribution in [3.8, 4) is 17.1 Å². The van der Waals surface area contributed by atoms with E-state index >= 15 is 0 Å². The molecule has 0 radical (unpaired) electrons. The number of alkyl halides is 3. The van der Waals surface area contributed by atoms with E-state index in [2.05, 4.69) is 4.98 Å². The first-order valence-corrected chi connectivity index (χ1v) is 5.61. The van der Waals surface area contributed by atoms with Gasteiger partial charge in [0.25, 0.3) is 0 Å². The van der Waals surface area contributed by atoms with Gasteiger partial charge in [-0.25, -0.2) is 4.98 Å². The van der Waals surface area contributed by atoms with E-state index < -0.39 is 17.6 Å². The van der Waals surface area contributed by atoms with E-state index in [1.807, 2.05) is 31.2 Å². The number of benzene rings is 1. The highest BCUT2D eigenvalue weighted by Crippen LogP contribution is 2.36. The second-order valence-corrected chi connectivity index (χ2v) is 4.12. The Kier molecular flexibility index (Phi) is 3.46. The van der Waals surface area contributed by atoms with Crippen LogP contribution in [0, 0.1) is 6.92 Å². The third-order valence-corrected chi connectivity index (χ3v) is 2.71. The van der Waals surface area contributed by atoms with Gasteiger partial charge in [0.1, 0.15) is 5.56 Å². The molecule has 0 saturated carbocycles. The molecule has 5 heteroatoms. The fourth-order valence-electron chi connectivity index (χ4n) is 1.70. The minimum atomic E-state index is -4.47. The van der Waals surface area contributed by atoms with Gasteiger partial charge in [-0.3, -0.25) is 0 Å². The summed E-state index contributed by atoms with van der Waals surface area (Å²) in [4.78, 5) is 3.92. The lowest BCUT2D eigenvalue weighted by atomic mass is 10.1. The number of pyridine rings is 1. The van der Waals surface area contributed by atoms with Crippen LogP contribution < -0.4 is 4.74 Å². The van der Waals surface area contributed by atoms with Gasteiger partial charge in [0.2, 0.25) is 5.88 Å². The molecule has 2 aromatic rings. The molecule has 0 bridgehead atoms. The lowest BCUT2D eigenvalue weighted by Crippen LogP contribution is -2.09. The topological polar surface area (TPSA) is 22.1 Å². The second-order valence-electron chi connectivity index (χ2n) is 4.12. The van der Waals surface area contributed by atoms with Crippen LogP contribution in [0.3, 0.4) is 0 Å². The molecule has 0 N–H and O–H groups in total. The molecule has 0 saturated heterocycles. The van der Waals surface area contributed by atoms with Gasteiger partial charge >= 0.3 is 6.18 Å². The van der Waals surface area contributed by atoms with E-state index in [0.717, 1.165) is 17.2 Å². The first kappa shape index (κ1) is 13.4. The van der Waals surface area contributed by atoms with Crippen molar-refractivity contribution in [2.24, 2.45) is 0 Å². The summed E-state index contributed by atoms with van der Waals surface area (Å²) in [5, 5.41) is 0. The van der Waals surface area contributed by atoms with E-state index in [1.165, 1.54) is 13.2 Å². The molecule has 2 nitrogen and oxygen atoms in total. The van der Waals surface area contributed by atoms with Gasteiger partial charge in [-0.15, -0.1) is 0 Å². The average Bonchev–Trinajstić information content (AvgIpc) is 2.38. The highest BCUT2D eigenvalue weighted by atomic mass is 19.4. The predicted octanol–water partition coefficient (Wildman–Crippen LogP) is 4.08. The van der Waals surface area contributed by atoms with Crippen molar-refractivity contribution in [2.75, 3.05) is 7.11 Å². The van der Waals surface area contributed by atoms with E-state index in [4.69, 9.17) is 4.74 Å². The van der Waals surface area contributed by atoms with E-state index in [-0.39, 0.29) is 0 Å². The average molecular weight is 267 g/mol. The second kappa shape index (κ2) is 4.91. The number of nitrogens with zero attached hydrogens (tertiary/aromatic N) is 1. The van der Waals surface area contributed by atoms with Crippen LogP contribution in [0.25, 0.3) is 11.3 Å². The lowest BCUT2D eigenvalue weighted by Gasteiger charge is -2.12. The van der Waals surface area contributed by atoms with Gasteiger partial charge < -0.3 is 4.74 Å². The minimum absolute atomic E-state index is 0.412. The number of ether oxygens (including phenoxy) is 1. The van der Waals surface area contributed by atoms with Gasteiger partial charge in [0, 0.05) is 5.56 Å². The van der Waals surface area contributed by atoms with Crippen LogP contribution in [0.1, 0.15) is 11.1 Å². The summed E-state index contributed by atoms with van der Waals surface area (Å²) in [5.41, 5.74) is 1.40. The SMILES string of the molecule is COc1nc(-c2ccc(C)cc2)ccc1C(F)(F)F. The zero-order valence-corrected chi connectivity index (χ0v) is 10.5. The summed E-state index contributed by atoms with van der Waals surface area (Å²) in [6.45, 7) is 1.94. The fraction of sp³-hybridized carbons (Fsp3) is 0.214. The molecule has 100 valence electrons. The number of aryl methyl sites for hydroxylation is 1. The normalized spacial score (nSPS) is 11.4. The minimum Gasteiger partial charge on any atom is -0.481 e. The largest absolute Gasteiger partial charge is 0.481 e. The van der Waals surface area contributed by atoms with Crippen molar-refractivity contribution in [2.45, 2.75) is 13.1 Å². The Bertz CT molecular complexity index is 576. The molecule has 0 spiro atoms. The van der Waals surface area contributed by atoms with Crippen molar-refractivity contribution in [1.82, 2.24) is 4.98 Å². The molecule has 1 aromatic carbocycles. The maximum absolute atomic E-state index is 12.7. The van der Waals surface area contributed by atoms with Crippen LogP contribution in [-0.4, -0.2) is 12.1 Å². The summed E-state index contributed by atoms with van der Waals surface area (Å²) in [6.07, 6.45) is -4.47. The van der Waals surface area contributed by atoms with Crippen LogP contribution in [0.15, 0.2) is 36.4 Å². The molecule has 0 aliphatic heterocycles. The van der Waals surface area contributed by atoms with Gasteiger partial charge in [-0.1, -0.05) is 29.8 Å². The summed E-state index contributed by atoms with van der Waals surface area (Å²) in [5.74, 6) is -0.412. The molecule has 19 heavy (non-hydrogen) atoms. The van der Waals surface area contributed by atoms with E-state index in [1.54, 1.807) is 0 Å². The maximum atomic E-state index is 12.7. The Morgan fingerprint density at radius 2 is 1.63 bits per heavy atom. The molecule has 0 aliphatic carbocycles. The Morgan fingerprint density at radius 1 is 1.00 bits per heavy atom. The molecular weight excluding hydrogens is 255 g/mol. The quantitative estimate of drug-likeness (QED) is 0.817. The van der Waals surface area contributed by atoms with E-state index in [0.29, 0.717) is 5.69 Å². The number of hydrogen-bond acceptors (Lipinski definition) is 2. The van der Waals surface area contributed by atoms with Crippen molar-refractivity contribution >= 4 is 0 Å². The standard InChI is InChI=1S/C14H12F3NO/c1-9-3-5-10(6-4-9)12-8-7-11(14(15,16)17)13(18-12)19-2/h3-8H,1-2H3. The first-order chi connectivity index (χ1) is 8.91. The highest BCUT2D eigenvalue weighted by molar-refractivity contribution is 5.60. The Labute approximate surface area is 108 Å². The monoisotopic (exact) mass is 267 g/mol. The molecule has 0 fully saturated rings. The van der Waals surface area contributed by atoms with Crippen molar-refractivity contribution in [1.29, 1.82) is 0 Å². The zero-order chi connectivity index (χ0) is 14.0. The molecular formula is C14H12F3NO. The molecule has 0 unspecified atom stereocenters. The Hall–Kier alpha value is -2.04. The Balaban J connectivity index is 2.47. The van der Waals surface area contributed by atoms with Gasteiger partial charge in [-0.05, 0) is 19.1 Å². The smallest absolute Gasteiger partial charge is 0.421 e. The van der Waals surface area contributed by atoms with Crippen molar-refractivity contribution in [3.05, 3.63) is 47.5 Å². The summed E-state index contributed by atoms with van der Waals surface area (Å²) in [7, 11) is 1.18. The number of hydrogen-bond donors (Lipinski definition) is 0. The predicted molar refractivity (Wildman–Crippen MR) is 66.0 cm³/mol. The van der Waals surface area contributed by atoms with E-state index in [9.17, 15) is 13.2 Å². The van der Waals surface area contributed by atoms with Crippen molar-refractivity contribution < 1.29 is 17.9 Å². The van der Waals surface area contributed by atoms with Crippen LogP contribution in [0.4, 0.5) is 13.2 Å². The van der Waals surface area contributed by atoms with Gasteiger partial charge in [-0.2, -0.15) is 13.2 Å².